The van der Waals surface area contributed by atoms with E-state index in [0.717, 1.165) is 29.7 Å². The van der Waals surface area contributed by atoms with Crippen molar-refractivity contribution in [3.05, 3.63) is 108 Å². The van der Waals surface area contributed by atoms with Crippen molar-refractivity contribution in [1.82, 2.24) is 24.1 Å². The summed E-state index contributed by atoms with van der Waals surface area (Å²) in [6.07, 6.45) is 7.27. The van der Waals surface area contributed by atoms with Gasteiger partial charge >= 0.3 is 6.01 Å². The van der Waals surface area contributed by atoms with Crippen LogP contribution in [-0.2, 0) is 15.6 Å². The molecule has 1 N–H and O–H groups in total. The predicted octanol–water partition coefficient (Wildman–Crippen LogP) is 6.92. The van der Waals surface area contributed by atoms with Gasteiger partial charge in [0.15, 0.2) is 0 Å². The third-order valence-corrected chi connectivity index (χ3v) is 9.55. The molecule has 0 bridgehead atoms. The molecule has 7 rings (SSSR count). The average Bonchev–Trinajstić information content (AvgIpc) is 3.65. The summed E-state index contributed by atoms with van der Waals surface area (Å²) >= 11 is 0. The zero-order chi connectivity index (χ0) is 29.8. The Kier molecular flexibility index (Phi) is 6.39. The summed E-state index contributed by atoms with van der Waals surface area (Å²) < 4.78 is 35.1. The molecule has 9 nitrogen and oxygen atoms in total. The second-order valence-electron chi connectivity index (χ2n) is 11.5. The number of fused-ring (bicyclic) bond motifs is 1. The Morgan fingerprint density at radius 2 is 1.72 bits per heavy atom. The highest BCUT2D eigenvalue weighted by atomic mass is 32.2. The Bertz CT molecular complexity index is 2060. The van der Waals surface area contributed by atoms with Crippen molar-refractivity contribution in [2.45, 2.75) is 50.0 Å². The van der Waals surface area contributed by atoms with E-state index in [0.29, 0.717) is 39.5 Å². The molecule has 0 saturated heterocycles. The minimum atomic E-state index is -3.90. The fourth-order valence-corrected chi connectivity index (χ4v) is 6.60. The molecule has 6 aromatic rings. The summed E-state index contributed by atoms with van der Waals surface area (Å²) in [6, 6.07) is 22.6. The molecule has 3 aromatic heterocycles. The van der Waals surface area contributed by atoms with Gasteiger partial charge in [0.1, 0.15) is 0 Å². The van der Waals surface area contributed by atoms with Crippen LogP contribution in [0.15, 0.2) is 101 Å². The van der Waals surface area contributed by atoms with Crippen LogP contribution in [0.1, 0.15) is 49.4 Å². The number of anilines is 1. The highest BCUT2D eigenvalue weighted by Gasteiger charge is 2.28. The zero-order valence-corrected chi connectivity index (χ0v) is 24.8. The second kappa shape index (κ2) is 10.2. The lowest BCUT2D eigenvalue weighted by Crippen LogP contribution is -2.27. The first-order valence-corrected chi connectivity index (χ1v) is 15.6. The summed E-state index contributed by atoms with van der Waals surface area (Å²) in [4.78, 5) is 9.53. The lowest BCUT2D eigenvalue weighted by atomic mass is 9.95. The maximum atomic E-state index is 13.9. The van der Waals surface area contributed by atoms with E-state index in [4.69, 9.17) is 9.40 Å². The molecule has 1 aliphatic carbocycles. The van der Waals surface area contributed by atoms with E-state index in [2.05, 4.69) is 20.5 Å². The van der Waals surface area contributed by atoms with Gasteiger partial charge in [-0.1, -0.05) is 53.1 Å². The Labute approximate surface area is 249 Å². The van der Waals surface area contributed by atoms with Crippen molar-refractivity contribution in [3.63, 3.8) is 0 Å². The van der Waals surface area contributed by atoms with Gasteiger partial charge in [-0.15, -0.1) is 5.10 Å². The highest BCUT2D eigenvalue weighted by molar-refractivity contribution is 7.90. The molecule has 0 unspecified atom stereocenters. The number of rotatable bonds is 8. The third-order valence-electron chi connectivity index (χ3n) is 7.86. The van der Waals surface area contributed by atoms with Gasteiger partial charge < -0.3 is 9.73 Å². The van der Waals surface area contributed by atoms with Crippen molar-refractivity contribution in [2.75, 3.05) is 5.32 Å². The van der Waals surface area contributed by atoms with E-state index in [-0.39, 0.29) is 10.9 Å². The molecule has 0 radical (unpaired) electrons. The van der Waals surface area contributed by atoms with Crippen molar-refractivity contribution in [2.24, 2.45) is 0 Å². The topological polar surface area (TPSA) is 116 Å². The van der Waals surface area contributed by atoms with Crippen molar-refractivity contribution >= 4 is 26.9 Å². The van der Waals surface area contributed by atoms with Gasteiger partial charge in [0, 0.05) is 34.8 Å². The number of nitrogens with one attached hydrogen (secondary N) is 1. The fraction of sp³-hybridized carbons (Fsp3) is 0.212. The van der Waals surface area contributed by atoms with Crippen LogP contribution in [0.25, 0.3) is 33.6 Å². The van der Waals surface area contributed by atoms with Crippen LogP contribution in [-0.4, -0.2) is 32.6 Å². The van der Waals surface area contributed by atoms with E-state index < -0.39 is 15.6 Å². The first-order chi connectivity index (χ1) is 20.7. The molecule has 0 atom stereocenters. The molecular formula is C33H30N6O3S. The quantitative estimate of drug-likeness (QED) is 0.203. The Morgan fingerprint density at radius 1 is 0.953 bits per heavy atom. The van der Waals surface area contributed by atoms with Gasteiger partial charge in [-0.25, -0.2) is 17.4 Å². The SMILES string of the molecule is Cc1ccc(S(=O)(=O)n2cc(-c3cncc(C4CC4)n3)c3cc(-c4nnc(NC(C)(C)c5ccccc5)o4)ccc32)cc1. The van der Waals surface area contributed by atoms with Crippen LogP contribution in [0.4, 0.5) is 6.01 Å². The van der Waals surface area contributed by atoms with Crippen molar-refractivity contribution in [1.29, 1.82) is 0 Å². The number of aromatic nitrogens is 5. The van der Waals surface area contributed by atoms with E-state index in [1.807, 2.05) is 57.2 Å². The molecule has 10 heteroatoms. The van der Waals surface area contributed by atoms with Crippen LogP contribution in [0.5, 0.6) is 0 Å². The summed E-state index contributed by atoms with van der Waals surface area (Å²) in [5.41, 5.74) is 4.97. The molecule has 0 spiro atoms. The molecular weight excluding hydrogens is 560 g/mol. The van der Waals surface area contributed by atoms with E-state index in [1.165, 1.54) is 3.97 Å². The maximum absolute atomic E-state index is 13.9. The Morgan fingerprint density at radius 3 is 2.47 bits per heavy atom. The van der Waals surface area contributed by atoms with Crippen molar-refractivity contribution in [3.8, 4) is 22.7 Å². The zero-order valence-electron chi connectivity index (χ0n) is 24.0. The van der Waals surface area contributed by atoms with Gasteiger partial charge in [0.05, 0.1) is 33.5 Å². The fourth-order valence-electron chi connectivity index (χ4n) is 5.23. The number of nitrogens with zero attached hydrogens (tertiary/aromatic N) is 5. The standard InChI is InChI=1S/C33H30N6O3S/c1-21-9-14-25(15-10-21)43(40,41)39-20-27(29-19-34-18-28(35-29)22-11-12-22)26-17-23(13-16-30(26)39)31-37-38-32(42-31)36-33(2,3)24-7-5-4-6-8-24/h4-10,13-20,22H,11-12H2,1-3H3,(H,36,38). The van der Waals surface area contributed by atoms with Crippen LogP contribution in [0, 0.1) is 6.92 Å². The molecule has 0 aliphatic heterocycles. The number of benzene rings is 3. The van der Waals surface area contributed by atoms with Crippen molar-refractivity contribution < 1.29 is 12.8 Å². The lowest BCUT2D eigenvalue weighted by Gasteiger charge is -2.25. The molecule has 3 heterocycles. The van der Waals surface area contributed by atoms with Gasteiger partial charge in [-0.05, 0) is 69.5 Å². The predicted molar refractivity (Wildman–Crippen MR) is 165 cm³/mol. The summed E-state index contributed by atoms with van der Waals surface area (Å²) in [6.45, 7) is 6.00. The largest absolute Gasteiger partial charge is 0.403 e. The van der Waals surface area contributed by atoms with Crippen LogP contribution in [0.3, 0.4) is 0 Å². The molecule has 1 aliphatic rings. The Hall–Kier alpha value is -4.83. The average molecular weight is 591 g/mol. The summed E-state index contributed by atoms with van der Waals surface area (Å²) in [5.74, 6) is 0.711. The number of hydrogen-bond donors (Lipinski definition) is 1. The first-order valence-electron chi connectivity index (χ1n) is 14.2. The Balaban J connectivity index is 1.32. The minimum Gasteiger partial charge on any atom is -0.403 e. The van der Waals surface area contributed by atoms with Crippen LogP contribution < -0.4 is 5.32 Å². The van der Waals surface area contributed by atoms with Gasteiger partial charge in [-0.2, -0.15) is 0 Å². The first kappa shape index (κ1) is 27.0. The molecule has 0 amide bonds. The summed E-state index contributed by atoms with van der Waals surface area (Å²) in [7, 11) is -3.90. The second-order valence-corrected chi connectivity index (χ2v) is 13.3. The molecule has 43 heavy (non-hydrogen) atoms. The van der Waals surface area contributed by atoms with E-state index >= 15 is 0 Å². The minimum absolute atomic E-state index is 0.206. The van der Waals surface area contributed by atoms with Gasteiger partial charge in [0.2, 0.25) is 5.89 Å². The number of hydrogen-bond acceptors (Lipinski definition) is 8. The maximum Gasteiger partial charge on any atom is 0.316 e. The van der Waals surface area contributed by atoms with Crippen LogP contribution in [0.2, 0.25) is 0 Å². The monoisotopic (exact) mass is 590 g/mol. The lowest BCUT2D eigenvalue weighted by molar-refractivity contribution is 0.527. The van der Waals surface area contributed by atoms with Gasteiger partial charge in [0.25, 0.3) is 10.0 Å². The highest BCUT2D eigenvalue weighted by Crippen LogP contribution is 2.40. The van der Waals surface area contributed by atoms with E-state index in [1.54, 1.807) is 55.0 Å². The third kappa shape index (κ3) is 5.08. The molecule has 1 fully saturated rings. The number of aryl methyl sites for hydroxylation is 1. The molecule has 1 saturated carbocycles. The molecule has 216 valence electrons. The molecule has 3 aromatic carbocycles. The normalized spacial score (nSPS) is 13.8. The van der Waals surface area contributed by atoms with E-state index in [9.17, 15) is 8.42 Å². The summed E-state index contributed by atoms with van der Waals surface area (Å²) in [5, 5.41) is 12.6. The van der Waals surface area contributed by atoms with Gasteiger partial charge in [-0.3, -0.25) is 4.98 Å². The smallest absolute Gasteiger partial charge is 0.316 e. The van der Waals surface area contributed by atoms with Crippen LogP contribution >= 0.6 is 0 Å².